The summed E-state index contributed by atoms with van der Waals surface area (Å²) in [6, 6.07) is 3.64. The lowest BCUT2D eigenvalue weighted by molar-refractivity contribution is 0.391. The summed E-state index contributed by atoms with van der Waals surface area (Å²) in [6.45, 7) is 1.93. The third-order valence-electron chi connectivity index (χ3n) is 2.34. The Labute approximate surface area is 113 Å². The van der Waals surface area contributed by atoms with Crippen molar-refractivity contribution in [3.8, 4) is 11.4 Å². The molecule has 0 spiro atoms. The van der Waals surface area contributed by atoms with Crippen molar-refractivity contribution < 1.29 is 8.94 Å². The van der Waals surface area contributed by atoms with Gasteiger partial charge < -0.3 is 8.94 Å². The first-order valence-electron chi connectivity index (χ1n) is 5.59. The standard InChI is InChI=1S/C12H10N4O2S/c1-8-2-4-13-12(14-8)19-7-10-15-11(16-18-10)9-3-5-17-6-9/h2-6H,7H2,1H3. The Morgan fingerprint density at radius 1 is 1.26 bits per heavy atom. The van der Waals surface area contributed by atoms with Crippen LogP contribution >= 0.6 is 11.8 Å². The van der Waals surface area contributed by atoms with Crippen LogP contribution in [-0.4, -0.2) is 20.1 Å². The number of rotatable bonds is 4. The van der Waals surface area contributed by atoms with Crippen LogP contribution in [0.25, 0.3) is 11.4 Å². The van der Waals surface area contributed by atoms with E-state index >= 15 is 0 Å². The summed E-state index contributed by atoms with van der Waals surface area (Å²) in [7, 11) is 0. The molecule has 0 atom stereocenters. The molecule has 0 saturated heterocycles. The fourth-order valence-corrected chi connectivity index (χ4v) is 2.16. The monoisotopic (exact) mass is 274 g/mol. The molecular weight excluding hydrogens is 264 g/mol. The van der Waals surface area contributed by atoms with Gasteiger partial charge in [0.15, 0.2) is 5.16 Å². The molecule has 3 heterocycles. The topological polar surface area (TPSA) is 77.8 Å². The van der Waals surface area contributed by atoms with Gasteiger partial charge in [-0.05, 0) is 19.1 Å². The van der Waals surface area contributed by atoms with Crippen molar-refractivity contribution in [2.24, 2.45) is 0 Å². The Morgan fingerprint density at radius 2 is 2.21 bits per heavy atom. The smallest absolute Gasteiger partial charge is 0.237 e. The van der Waals surface area contributed by atoms with Crippen LogP contribution in [0.1, 0.15) is 11.6 Å². The molecule has 0 aliphatic carbocycles. The summed E-state index contributed by atoms with van der Waals surface area (Å²) in [6.07, 6.45) is 4.88. The number of hydrogen-bond acceptors (Lipinski definition) is 7. The first-order valence-corrected chi connectivity index (χ1v) is 6.57. The summed E-state index contributed by atoms with van der Waals surface area (Å²) in [5.41, 5.74) is 1.73. The van der Waals surface area contributed by atoms with E-state index in [2.05, 4.69) is 20.1 Å². The van der Waals surface area contributed by atoms with E-state index in [1.807, 2.05) is 13.0 Å². The molecule has 6 nitrogen and oxygen atoms in total. The average Bonchev–Trinajstić information content (AvgIpc) is 3.07. The Morgan fingerprint density at radius 3 is 3.00 bits per heavy atom. The molecule has 0 bridgehead atoms. The number of aromatic nitrogens is 4. The van der Waals surface area contributed by atoms with Crippen LogP contribution in [0.3, 0.4) is 0 Å². The van der Waals surface area contributed by atoms with Gasteiger partial charge in [0.1, 0.15) is 6.26 Å². The fraction of sp³-hybridized carbons (Fsp3) is 0.167. The minimum absolute atomic E-state index is 0.523. The van der Waals surface area contributed by atoms with E-state index in [4.69, 9.17) is 8.94 Å². The molecule has 3 aromatic heterocycles. The highest BCUT2D eigenvalue weighted by molar-refractivity contribution is 7.98. The van der Waals surface area contributed by atoms with Gasteiger partial charge in [-0.25, -0.2) is 9.97 Å². The lowest BCUT2D eigenvalue weighted by Gasteiger charge is -1.96. The molecule has 0 unspecified atom stereocenters. The minimum atomic E-state index is 0.523. The van der Waals surface area contributed by atoms with Gasteiger partial charge in [-0.15, -0.1) is 0 Å². The average molecular weight is 274 g/mol. The van der Waals surface area contributed by atoms with E-state index < -0.39 is 0 Å². The molecule has 3 rings (SSSR count). The number of furan rings is 1. The zero-order valence-corrected chi connectivity index (χ0v) is 10.9. The molecule has 0 fully saturated rings. The lowest BCUT2D eigenvalue weighted by Crippen LogP contribution is -1.89. The fourth-order valence-electron chi connectivity index (χ4n) is 1.44. The van der Waals surface area contributed by atoms with Crippen molar-refractivity contribution in [3.63, 3.8) is 0 Å². The summed E-state index contributed by atoms with van der Waals surface area (Å²) in [5.74, 6) is 1.59. The van der Waals surface area contributed by atoms with E-state index in [9.17, 15) is 0 Å². The Hall–Kier alpha value is -2.15. The van der Waals surface area contributed by atoms with Gasteiger partial charge in [-0.1, -0.05) is 16.9 Å². The van der Waals surface area contributed by atoms with Crippen molar-refractivity contribution in [1.82, 2.24) is 20.1 Å². The van der Waals surface area contributed by atoms with Crippen LogP contribution in [0.15, 0.2) is 45.0 Å². The zero-order chi connectivity index (χ0) is 13.1. The van der Waals surface area contributed by atoms with Crippen LogP contribution in [0.4, 0.5) is 0 Å². The van der Waals surface area contributed by atoms with E-state index in [0.717, 1.165) is 11.3 Å². The normalized spacial score (nSPS) is 10.8. The van der Waals surface area contributed by atoms with Gasteiger partial charge in [-0.3, -0.25) is 0 Å². The third kappa shape index (κ3) is 2.82. The second-order valence-corrected chi connectivity index (χ2v) is 4.74. The molecule has 0 aromatic carbocycles. The molecule has 0 amide bonds. The van der Waals surface area contributed by atoms with Crippen molar-refractivity contribution in [2.75, 3.05) is 0 Å². The van der Waals surface area contributed by atoms with E-state index in [1.54, 1.807) is 24.8 Å². The molecular formula is C12H10N4O2S. The Kier molecular flexibility index (Phi) is 3.28. The van der Waals surface area contributed by atoms with E-state index in [0.29, 0.717) is 22.6 Å². The summed E-state index contributed by atoms with van der Waals surface area (Å²) < 4.78 is 10.1. The van der Waals surface area contributed by atoms with E-state index in [1.165, 1.54) is 11.8 Å². The summed E-state index contributed by atoms with van der Waals surface area (Å²) in [5, 5.41) is 4.59. The van der Waals surface area contributed by atoms with Crippen molar-refractivity contribution in [1.29, 1.82) is 0 Å². The summed E-state index contributed by atoms with van der Waals surface area (Å²) >= 11 is 1.46. The maximum atomic E-state index is 5.16. The number of thioether (sulfide) groups is 1. The Bertz CT molecular complexity index is 666. The molecule has 19 heavy (non-hydrogen) atoms. The predicted molar refractivity (Wildman–Crippen MR) is 68.3 cm³/mol. The van der Waals surface area contributed by atoms with Crippen LogP contribution in [-0.2, 0) is 5.75 Å². The highest BCUT2D eigenvalue weighted by atomic mass is 32.2. The minimum Gasteiger partial charge on any atom is -0.472 e. The number of nitrogens with zero attached hydrogens (tertiary/aromatic N) is 4. The SMILES string of the molecule is Cc1ccnc(SCc2nc(-c3ccoc3)no2)n1. The van der Waals surface area contributed by atoms with Gasteiger partial charge >= 0.3 is 0 Å². The molecule has 7 heteroatoms. The second kappa shape index (κ2) is 5.23. The van der Waals surface area contributed by atoms with Gasteiger partial charge in [0.2, 0.25) is 11.7 Å². The van der Waals surface area contributed by atoms with Crippen molar-refractivity contribution in [3.05, 3.63) is 42.4 Å². The molecule has 96 valence electrons. The third-order valence-corrected chi connectivity index (χ3v) is 3.19. The largest absolute Gasteiger partial charge is 0.472 e. The maximum absolute atomic E-state index is 5.16. The molecule has 0 radical (unpaired) electrons. The first kappa shape index (κ1) is 11.9. The lowest BCUT2D eigenvalue weighted by atomic mass is 10.3. The van der Waals surface area contributed by atoms with Crippen LogP contribution < -0.4 is 0 Å². The van der Waals surface area contributed by atoms with Gasteiger partial charge in [0.25, 0.3) is 0 Å². The molecule has 0 aliphatic heterocycles. The number of aryl methyl sites for hydroxylation is 1. The first-order chi connectivity index (χ1) is 9.31. The highest BCUT2D eigenvalue weighted by Crippen LogP contribution is 2.21. The maximum Gasteiger partial charge on any atom is 0.237 e. The number of hydrogen-bond donors (Lipinski definition) is 0. The van der Waals surface area contributed by atoms with Crippen LogP contribution in [0, 0.1) is 6.92 Å². The molecule has 0 aliphatic rings. The van der Waals surface area contributed by atoms with Crippen molar-refractivity contribution in [2.45, 2.75) is 17.8 Å². The molecule has 0 N–H and O–H groups in total. The van der Waals surface area contributed by atoms with Gasteiger partial charge in [0.05, 0.1) is 17.6 Å². The molecule has 0 saturated carbocycles. The summed E-state index contributed by atoms with van der Waals surface area (Å²) in [4.78, 5) is 12.7. The van der Waals surface area contributed by atoms with Crippen LogP contribution in [0.5, 0.6) is 0 Å². The highest BCUT2D eigenvalue weighted by Gasteiger charge is 2.10. The zero-order valence-electron chi connectivity index (χ0n) is 10.1. The van der Waals surface area contributed by atoms with Crippen molar-refractivity contribution >= 4 is 11.8 Å². The van der Waals surface area contributed by atoms with E-state index in [-0.39, 0.29) is 0 Å². The Balaban J connectivity index is 1.68. The van der Waals surface area contributed by atoms with Gasteiger partial charge in [0, 0.05) is 11.9 Å². The quantitative estimate of drug-likeness (QED) is 0.534. The molecule has 3 aromatic rings. The van der Waals surface area contributed by atoms with Gasteiger partial charge in [-0.2, -0.15) is 4.98 Å². The van der Waals surface area contributed by atoms with Crippen LogP contribution in [0.2, 0.25) is 0 Å². The predicted octanol–water partition coefficient (Wildman–Crippen LogP) is 2.72. The second-order valence-electron chi connectivity index (χ2n) is 3.79.